The Balaban J connectivity index is 1.62. The predicted molar refractivity (Wildman–Crippen MR) is 68.4 cm³/mol. The Hall–Kier alpha value is -0.650. The van der Waals surface area contributed by atoms with Gasteiger partial charge in [0.15, 0.2) is 0 Å². The van der Waals surface area contributed by atoms with Crippen LogP contribution < -0.4 is 5.32 Å². The molecule has 1 unspecified atom stereocenters. The van der Waals surface area contributed by atoms with Gasteiger partial charge in [0.2, 0.25) is 5.91 Å². The number of amides is 1. The van der Waals surface area contributed by atoms with Crippen LogP contribution >= 0.6 is 0 Å². The van der Waals surface area contributed by atoms with Crippen molar-refractivity contribution in [2.45, 2.75) is 38.0 Å². The molecule has 3 fully saturated rings. The van der Waals surface area contributed by atoms with Crippen molar-refractivity contribution in [2.24, 2.45) is 0 Å². The van der Waals surface area contributed by atoms with Crippen LogP contribution in [0.15, 0.2) is 0 Å². The first-order chi connectivity index (χ1) is 8.75. The van der Waals surface area contributed by atoms with E-state index >= 15 is 0 Å². The summed E-state index contributed by atoms with van der Waals surface area (Å²) >= 11 is 0. The summed E-state index contributed by atoms with van der Waals surface area (Å²) in [6, 6.07) is 0.453. The fourth-order valence-corrected chi connectivity index (χ4v) is 3.40. The Labute approximate surface area is 108 Å². The van der Waals surface area contributed by atoms with Crippen molar-refractivity contribution in [2.75, 3.05) is 39.3 Å². The summed E-state index contributed by atoms with van der Waals surface area (Å²) in [4.78, 5) is 17.1. The Morgan fingerprint density at radius 2 is 2.22 bits per heavy atom. The first-order valence-corrected chi connectivity index (χ1v) is 7.13. The van der Waals surface area contributed by atoms with Crippen molar-refractivity contribution in [3.8, 4) is 0 Å². The van der Waals surface area contributed by atoms with Gasteiger partial charge in [0.1, 0.15) is 6.04 Å². The summed E-state index contributed by atoms with van der Waals surface area (Å²) in [6.45, 7) is 7.52. The third kappa shape index (κ3) is 2.27. The van der Waals surface area contributed by atoms with Crippen molar-refractivity contribution in [1.29, 1.82) is 0 Å². The van der Waals surface area contributed by atoms with Gasteiger partial charge in [-0.2, -0.15) is 0 Å². The Morgan fingerprint density at radius 1 is 1.33 bits per heavy atom. The minimum Gasteiger partial charge on any atom is -0.375 e. The molecule has 3 atom stereocenters. The highest BCUT2D eigenvalue weighted by molar-refractivity contribution is 5.82. The molecule has 0 aliphatic carbocycles. The SMILES string of the molecule is C[C@H]1OCCN[C@@H]1C(=O)N1CCN2CCCC2C1. The van der Waals surface area contributed by atoms with E-state index in [1.54, 1.807) is 0 Å². The van der Waals surface area contributed by atoms with Crippen molar-refractivity contribution >= 4 is 5.91 Å². The van der Waals surface area contributed by atoms with Crippen LogP contribution in [0.4, 0.5) is 0 Å². The number of piperazine rings is 1. The third-order valence-corrected chi connectivity index (χ3v) is 4.48. The summed E-state index contributed by atoms with van der Waals surface area (Å²) in [5.41, 5.74) is 0. The lowest BCUT2D eigenvalue weighted by Gasteiger charge is -2.40. The number of nitrogens with one attached hydrogen (secondary N) is 1. The molecule has 1 amide bonds. The van der Waals surface area contributed by atoms with Crippen LogP contribution in [-0.4, -0.2) is 73.2 Å². The van der Waals surface area contributed by atoms with E-state index in [9.17, 15) is 4.79 Å². The molecule has 0 aromatic rings. The molecule has 0 saturated carbocycles. The lowest BCUT2D eigenvalue weighted by atomic mass is 10.1. The topological polar surface area (TPSA) is 44.8 Å². The van der Waals surface area contributed by atoms with Gasteiger partial charge < -0.3 is 15.0 Å². The molecule has 0 aromatic heterocycles. The van der Waals surface area contributed by atoms with Crippen LogP contribution in [-0.2, 0) is 9.53 Å². The normalized spacial score (nSPS) is 37.6. The molecular weight excluding hydrogens is 230 g/mol. The number of rotatable bonds is 1. The van der Waals surface area contributed by atoms with Gasteiger partial charge in [-0.15, -0.1) is 0 Å². The van der Waals surface area contributed by atoms with E-state index in [0.717, 1.165) is 26.2 Å². The first kappa shape index (κ1) is 12.4. The number of fused-ring (bicyclic) bond motifs is 1. The van der Waals surface area contributed by atoms with E-state index in [1.165, 1.54) is 19.4 Å². The fraction of sp³-hybridized carbons (Fsp3) is 0.923. The fourth-order valence-electron chi connectivity index (χ4n) is 3.40. The van der Waals surface area contributed by atoms with Crippen LogP contribution in [0.3, 0.4) is 0 Å². The van der Waals surface area contributed by atoms with Crippen LogP contribution in [0.25, 0.3) is 0 Å². The zero-order chi connectivity index (χ0) is 12.5. The van der Waals surface area contributed by atoms with Gasteiger partial charge in [-0.3, -0.25) is 9.69 Å². The van der Waals surface area contributed by atoms with Crippen molar-refractivity contribution in [3.63, 3.8) is 0 Å². The van der Waals surface area contributed by atoms with Gasteiger partial charge in [-0.05, 0) is 26.3 Å². The highest BCUT2D eigenvalue weighted by atomic mass is 16.5. The Bertz CT molecular complexity index is 323. The van der Waals surface area contributed by atoms with Gasteiger partial charge in [0, 0.05) is 32.2 Å². The van der Waals surface area contributed by atoms with Crippen LogP contribution in [0.5, 0.6) is 0 Å². The molecular formula is C13H23N3O2. The third-order valence-electron chi connectivity index (χ3n) is 4.48. The lowest BCUT2D eigenvalue weighted by molar-refractivity contribution is -0.142. The first-order valence-electron chi connectivity index (χ1n) is 7.13. The molecule has 3 aliphatic heterocycles. The number of ether oxygens (including phenoxy) is 1. The van der Waals surface area contributed by atoms with Gasteiger partial charge in [0.25, 0.3) is 0 Å². The van der Waals surface area contributed by atoms with E-state index in [1.807, 2.05) is 11.8 Å². The molecule has 0 bridgehead atoms. The number of hydrogen-bond donors (Lipinski definition) is 1. The zero-order valence-corrected chi connectivity index (χ0v) is 11.1. The van der Waals surface area contributed by atoms with Gasteiger partial charge >= 0.3 is 0 Å². The second kappa shape index (κ2) is 5.15. The molecule has 0 radical (unpaired) electrons. The largest absolute Gasteiger partial charge is 0.375 e. The monoisotopic (exact) mass is 253 g/mol. The number of hydrogen-bond acceptors (Lipinski definition) is 4. The summed E-state index contributed by atoms with van der Waals surface area (Å²) in [6.07, 6.45) is 2.52. The maximum Gasteiger partial charge on any atom is 0.242 e. The molecule has 3 rings (SSSR count). The van der Waals surface area contributed by atoms with Crippen LogP contribution in [0.2, 0.25) is 0 Å². The molecule has 5 nitrogen and oxygen atoms in total. The summed E-state index contributed by atoms with van der Waals surface area (Å²) in [7, 11) is 0. The summed E-state index contributed by atoms with van der Waals surface area (Å²) in [5.74, 6) is 0.230. The average molecular weight is 253 g/mol. The zero-order valence-electron chi connectivity index (χ0n) is 11.1. The second-order valence-electron chi connectivity index (χ2n) is 5.62. The lowest BCUT2D eigenvalue weighted by Crippen LogP contribution is -2.60. The predicted octanol–water partition coefficient (Wildman–Crippen LogP) is -0.330. The Kier molecular flexibility index (Phi) is 3.54. The molecule has 3 saturated heterocycles. The maximum absolute atomic E-state index is 12.5. The van der Waals surface area contributed by atoms with E-state index < -0.39 is 0 Å². The second-order valence-corrected chi connectivity index (χ2v) is 5.62. The van der Waals surface area contributed by atoms with Crippen molar-refractivity contribution in [3.05, 3.63) is 0 Å². The van der Waals surface area contributed by atoms with E-state index in [0.29, 0.717) is 12.6 Å². The van der Waals surface area contributed by atoms with E-state index in [4.69, 9.17) is 4.74 Å². The van der Waals surface area contributed by atoms with Gasteiger partial charge in [-0.25, -0.2) is 0 Å². The summed E-state index contributed by atoms with van der Waals surface area (Å²) in [5, 5.41) is 3.30. The quantitative estimate of drug-likeness (QED) is 0.695. The number of carbonyl (C=O) groups is 1. The minimum absolute atomic E-state index is 0.00661. The van der Waals surface area contributed by atoms with E-state index in [-0.39, 0.29) is 18.1 Å². The van der Waals surface area contributed by atoms with Gasteiger partial charge in [0.05, 0.1) is 12.7 Å². The molecule has 0 aromatic carbocycles. The van der Waals surface area contributed by atoms with Crippen molar-refractivity contribution in [1.82, 2.24) is 15.1 Å². The highest BCUT2D eigenvalue weighted by Gasteiger charge is 2.37. The van der Waals surface area contributed by atoms with Gasteiger partial charge in [-0.1, -0.05) is 0 Å². The Morgan fingerprint density at radius 3 is 3.06 bits per heavy atom. The molecule has 102 valence electrons. The minimum atomic E-state index is -0.147. The average Bonchev–Trinajstić information content (AvgIpc) is 2.85. The number of nitrogens with zero attached hydrogens (tertiary/aromatic N) is 2. The molecule has 18 heavy (non-hydrogen) atoms. The molecule has 3 aliphatic rings. The maximum atomic E-state index is 12.5. The van der Waals surface area contributed by atoms with Crippen molar-refractivity contribution < 1.29 is 9.53 Å². The van der Waals surface area contributed by atoms with E-state index in [2.05, 4.69) is 10.2 Å². The molecule has 5 heteroatoms. The smallest absolute Gasteiger partial charge is 0.242 e. The standard InChI is InChI=1S/C13H23N3O2/c1-10-12(14-4-8-18-10)13(17)16-7-6-15-5-2-3-11(15)9-16/h10-12,14H,2-9H2,1H3/t10-,11?,12+/m1/s1. The number of morpholine rings is 1. The molecule has 1 N–H and O–H groups in total. The molecule has 0 spiro atoms. The highest BCUT2D eigenvalue weighted by Crippen LogP contribution is 2.22. The summed E-state index contributed by atoms with van der Waals surface area (Å²) < 4.78 is 5.57. The van der Waals surface area contributed by atoms with Crippen LogP contribution in [0.1, 0.15) is 19.8 Å². The van der Waals surface area contributed by atoms with Crippen LogP contribution in [0, 0.1) is 0 Å². The molecule has 3 heterocycles. The number of carbonyl (C=O) groups excluding carboxylic acids is 1.